The summed E-state index contributed by atoms with van der Waals surface area (Å²) in [7, 11) is -3.60. The van der Waals surface area contributed by atoms with Gasteiger partial charge in [0.25, 0.3) is 5.91 Å². The number of rotatable bonds is 6. The lowest BCUT2D eigenvalue weighted by Crippen LogP contribution is -2.56. The topological polar surface area (TPSA) is 155 Å². The molecule has 5 N–H and O–H groups in total. The fourth-order valence-electron chi connectivity index (χ4n) is 5.64. The Morgan fingerprint density at radius 1 is 1.13 bits per heavy atom. The second kappa shape index (κ2) is 9.89. The van der Waals surface area contributed by atoms with E-state index in [4.69, 9.17) is 33.3 Å². The number of amides is 1. The van der Waals surface area contributed by atoms with Crippen molar-refractivity contribution in [2.45, 2.75) is 37.3 Å². The summed E-state index contributed by atoms with van der Waals surface area (Å²) in [6.07, 6.45) is 3.56. The maximum atomic E-state index is 13.9. The molecular weight excluding hydrogens is 542 g/mol. The van der Waals surface area contributed by atoms with Gasteiger partial charge in [0.2, 0.25) is 10.0 Å². The molecule has 208 valence electrons. The molecule has 3 fully saturated rings. The van der Waals surface area contributed by atoms with E-state index in [0.29, 0.717) is 17.2 Å². The van der Waals surface area contributed by atoms with E-state index in [-0.39, 0.29) is 35.2 Å². The van der Waals surface area contributed by atoms with Gasteiger partial charge in [0, 0.05) is 61.8 Å². The molecule has 1 atom stereocenters. The van der Waals surface area contributed by atoms with Crippen LogP contribution in [0.25, 0.3) is 5.65 Å². The highest BCUT2D eigenvalue weighted by molar-refractivity contribution is 7.92. The lowest BCUT2D eigenvalue weighted by molar-refractivity contribution is 0.0606. The summed E-state index contributed by atoms with van der Waals surface area (Å²) in [4.78, 5) is 22.7. The minimum Gasteiger partial charge on any atom is -0.353 e. The summed E-state index contributed by atoms with van der Waals surface area (Å²) in [5, 5.41) is 7.09. The van der Waals surface area contributed by atoms with Gasteiger partial charge in [-0.1, -0.05) is 11.6 Å². The maximum Gasteiger partial charge on any atom is 0.256 e. The molecule has 0 spiro atoms. The molecule has 3 saturated heterocycles. The Bertz CT molecular complexity index is 1530. The highest BCUT2D eigenvalue weighted by atomic mass is 35.5. The molecule has 5 heterocycles. The van der Waals surface area contributed by atoms with Gasteiger partial charge in [-0.15, -0.1) is 0 Å². The fourth-order valence-corrected chi connectivity index (χ4v) is 6.39. The third-order valence-electron chi connectivity index (χ3n) is 7.63. The molecule has 14 heteroatoms. The van der Waals surface area contributed by atoms with E-state index in [1.807, 2.05) is 10.6 Å². The first-order valence-corrected chi connectivity index (χ1v) is 15.3. The largest absolute Gasteiger partial charge is 0.353 e. The average molecular weight is 574 g/mol. The van der Waals surface area contributed by atoms with Crippen molar-refractivity contribution in [2.75, 3.05) is 48.6 Å². The summed E-state index contributed by atoms with van der Waals surface area (Å²) in [5.74, 6) is 6.75. The van der Waals surface area contributed by atoms with Crippen LogP contribution in [0.3, 0.4) is 0 Å². The molecule has 12 nitrogen and oxygen atoms in total. The number of carbonyl (C=O) groups excluding carboxylic acids is 1. The van der Waals surface area contributed by atoms with Crippen molar-refractivity contribution in [2.24, 2.45) is 11.6 Å². The Balaban J connectivity index is 1.37. The Kier molecular flexibility index (Phi) is 6.66. The number of halogens is 1. The predicted octanol–water partition coefficient (Wildman–Crippen LogP) is 1.54. The number of hydrogen-bond donors (Lipinski definition) is 3. The number of nitrogens with two attached hydrogens (primary N) is 2. The molecule has 0 bridgehead atoms. The SMILES string of the molecule is CS(=O)(=O)Nc1ccc(Cl)cc1C(=O)N1CCCC[C@H]1c1cc2nc(N3CC(N)C3)cc(C3CN(N)C3)n2n1. The lowest BCUT2D eigenvalue weighted by atomic mass is 9.97. The van der Waals surface area contributed by atoms with Gasteiger partial charge >= 0.3 is 0 Å². The number of hydrazine groups is 1. The quantitative estimate of drug-likeness (QED) is 0.372. The molecule has 0 radical (unpaired) electrons. The Hall–Kier alpha value is -2.97. The van der Waals surface area contributed by atoms with E-state index in [9.17, 15) is 13.2 Å². The number of fused-ring (bicyclic) bond motifs is 1. The predicted molar refractivity (Wildman–Crippen MR) is 149 cm³/mol. The summed E-state index contributed by atoms with van der Waals surface area (Å²) in [5.41, 5.74) is 8.93. The van der Waals surface area contributed by atoms with E-state index >= 15 is 0 Å². The second-order valence-corrected chi connectivity index (χ2v) is 13.0. The van der Waals surface area contributed by atoms with Crippen LogP contribution < -0.4 is 21.2 Å². The second-order valence-electron chi connectivity index (χ2n) is 10.8. The standard InChI is InChI=1S/C25H32ClN9O3S/c1-39(37,38)31-19-6-5-16(26)8-18(19)25(36)34-7-3-2-4-21(34)20-9-24-29-23(32-13-17(27)14-32)10-22(35(24)30-20)15-11-33(28)12-15/h5-6,8-10,15,17,21,31H,2-4,7,11-14,27-28H2,1H3/t21-/m0/s1. The van der Waals surface area contributed by atoms with Gasteiger partial charge in [-0.05, 0) is 37.5 Å². The number of carbonyl (C=O) groups is 1. The normalized spacial score (nSPS) is 21.2. The van der Waals surface area contributed by atoms with E-state index in [1.54, 1.807) is 16.0 Å². The van der Waals surface area contributed by atoms with Crippen LogP contribution in [0.4, 0.5) is 11.5 Å². The molecular formula is C25H32ClN9O3S. The zero-order valence-corrected chi connectivity index (χ0v) is 23.2. The first-order valence-electron chi connectivity index (χ1n) is 13.0. The number of nitrogens with one attached hydrogen (secondary N) is 1. The van der Waals surface area contributed by atoms with Crippen molar-refractivity contribution in [3.05, 3.63) is 52.3 Å². The molecule has 6 rings (SSSR count). The highest BCUT2D eigenvalue weighted by Crippen LogP contribution is 2.36. The summed E-state index contributed by atoms with van der Waals surface area (Å²) in [6.45, 7) is 3.49. The Morgan fingerprint density at radius 3 is 2.59 bits per heavy atom. The third kappa shape index (κ3) is 5.16. The minimum atomic E-state index is -3.60. The number of anilines is 2. The smallest absolute Gasteiger partial charge is 0.256 e. The molecule has 39 heavy (non-hydrogen) atoms. The van der Waals surface area contributed by atoms with Crippen molar-refractivity contribution < 1.29 is 13.2 Å². The van der Waals surface area contributed by atoms with Crippen LogP contribution in [-0.2, 0) is 10.0 Å². The first kappa shape index (κ1) is 26.3. The van der Waals surface area contributed by atoms with Gasteiger partial charge in [0.05, 0.1) is 34.9 Å². The number of sulfonamides is 1. The fraction of sp³-hybridized carbons (Fsp3) is 0.480. The number of likely N-dealkylation sites (tertiary alicyclic amines) is 1. The van der Waals surface area contributed by atoms with Crippen molar-refractivity contribution in [3.8, 4) is 0 Å². The van der Waals surface area contributed by atoms with Crippen LogP contribution in [0.15, 0.2) is 30.3 Å². The van der Waals surface area contributed by atoms with E-state index < -0.39 is 10.0 Å². The zero-order chi connectivity index (χ0) is 27.5. The molecule has 0 aliphatic carbocycles. The number of benzene rings is 1. The summed E-state index contributed by atoms with van der Waals surface area (Å²) >= 11 is 6.22. The molecule has 3 aliphatic heterocycles. The van der Waals surface area contributed by atoms with E-state index in [1.165, 1.54) is 12.1 Å². The molecule has 3 aliphatic rings. The van der Waals surface area contributed by atoms with Crippen LogP contribution >= 0.6 is 11.6 Å². The average Bonchev–Trinajstić information content (AvgIpc) is 3.28. The van der Waals surface area contributed by atoms with Gasteiger partial charge in [-0.25, -0.2) is 22.9 Å². The zero-order valence-electron chi connectivity index (χ0n) is 21.6. The third-order valence-corrected chi connectivity index (χ3v) is 8.46. The monoisotopic (exact) mass is 573 g/mol. The summed E-state index contributed by atoms with van der Waals surface area (Å²) in [6, 6.07) is 8.46. The summed E-state index contributed by atoms with van der Waals surface area (Å²) < 4.78 is 28.3. The molecule has 0 saturated carbocycles. The van der Waals surface area contributed by atoms with Crippen LogP contribution in [-0.4, -0.2) is 83.9 Å². The van der Waals surface area contributed by atoms with Crippen molar-refractivity contribution in [1.82, 2.24) is 24.5 Å². The highest BCUT2D eigenvalue weighted by Gasteiger charge is 2.35. The number of piperidine rings is 1. The van der Waals surface area contributed by atoms with Crippen LogP contribution in [0.1, 0.15) is 53.0 Å². The van der Waals surface area contributed by atoms with Crippen molar-refractivity contribution in [3.63, 3.8) is 0 Å². The van der Waals surface area contributed by atoms with Crippen molar-refractivity contribution in [1.29, 1.82) is 0 Å². The van der Waals surface area contributed by atoms with Gasteiger partial charge < -0.3 is 15.5 Å². The van der Waals surface area contributed by atoms with Gasteiger partial charge in [0.1, 0.15) is 5.82 Å². The van der Waals surface area contributed by atoms with Gasteiger partial charge in [0.15, 0.2) is 5.65 Å². The Labute approximate surface area is 231 Å². The van der Waals surface area contributed by atoms with Crippen LogP contribution in [0, 0.1) is 0 Å². The minimum absolute atomic E-state index is 0.144. The van der Waals surface area contributed by atoms with Crippen LogP contribution in [0.5, 0.6) is 0 Å². The van der Waals surface area contributed by atoms with Crippen molar-refractivity contribution >= 4 is 44.7 Å². The molecule has 1 aromatic carbocycles. The van der Waals surface area contributed by atoms with E-state index in [2.05, 4.69) is 15.7 Å². The molecule has 1 amide bonds. The van der Waals surface area contributed by atoms with E-state index in [0.717, 1.165) is 68.9 Å². The van der Waals surface area contributed by atoms with Crippen LogP contribution in [0.2, 0.25) is 5.02 Å². The number of hydrogen-bond acceptors (Lipinski definition) is 9. The van der Waals surface area contributed by atoms with Gasteiger partial charge in [-0.3, -0.25) is 15.4 Å². The Morgan fingerprint density at radius 2 is 1.90 bits per heavy atom. The molecule has 3 aromatic rings. The number of nitrogens with zero attached hydrogens (tertiary/aromatic N) is 6. The number of aromatic nitrogens is 3. The lowest BCUT2D eigenvalue weighted by Gasteiger charge is -2.39. The van der Waals surface area contributed by atoms with Gasteiger partial charge in [-0.2, -0.15) is 5.10 Å². The maximum absolute atomic E-state index is 13.9. The molecule has 0 unspecified atom stereocenters. The molecule has 2 aromatic heterocycles. The first-order chi connectivity index (χ1) is 18.6.